The van der Waals surface area contributed by atoms with E-state index in [4.69, 9.17) is 0 Å². The molecule has 1 atom stereocenters. The molecule has 0 spiro atoms. The second kappa shape index (κ2) is 4.87. The summed E-state index contributed by atoms with van der Waals surface area (Å²) in [5.41, 5.74) is 0.370. The third-order valence-electron chi connectivity index (χ3n) is 2.50. The first-order valence-corrected chi connectivity index (χ1v) is 5.10. The average molecular weight is 208 g/mol. The number of aryl methyl sites for hydroxylation is 1. The number of ketones is 2. The molecule has 0 amide bonds. The smallest absolute Gasteiger partial charge is 0.190 e. The maximum absolute atomic E-state index is 11.6. The van der Waals surface area contributed by atoms with Crippen LogP contribution in [0.25, 0.3) is 0 Å². The van der Waals surface area contributed by atoms with Crippen LogP contribution in [0, 0.1) is 5.92 Å². The quantitative estimate of drug-likeness (QED) is 0.545. The van der Waals surface area contributed by atoms with E-state index in [0.29, 0.717) is 5.69 Å². The van der Waals surface area contributed by atoms with Crippen molar-refractivity contribution in [3.63, 3.8) is 0 Å². The fraction of sp³-hybridized carbons (Fsp3) is 0.545. The Balaban J connectivity index is 2.60. The topological polar surface area (TPSA) is 52.0 Å². The summed E-state index contributed by atoms with van der Waals surface area (Å²) in [7, 11) is 1.74. The molecule has 1 unspecified atom stereocenters. The first-order valence-electron chi connectivity index (χ1n) is 5.10. The third kappa shape index (κ3) is 3.01. The van der Waals surface area contributed by atoms with Gasteiger partial charge in [0.05, 0.1) is 6.42 Å². The highest BCUT2D eigenvalue weighted by Gasteiger charge is 2.17. The number of hydrogen-bond acceptors (Lipinski definition) is 3. The van der Waals surface area contributed by atoms with Gasteiger partial charge in [0, 0.05) is 19.2 Å². The van der Waals surface area contributed by atoms with Gasteiger partial charge in [0.15, 0.2) is 5.78 Å². The molecule has 1 aromatic heterocycles. The van der Waals surface area contributed by atoms with Crippen LogP contribution in [0.1, 0.15) is 37.2 Å². The van der Waals surface area contributed by atoms with Crippen molar-refractivity contribution in [3.05, 3.63) is 18.0 Å². The number of carbonyl (C=O) groups excluding carboxylic acids is 2. The summed E-state index contributed by atoms with van der Waals surface area (Å²) in [6, 6.07) is 1.63. The van der Waals surface area contributed by atoms with Gasteiger partial charge < -0.3 is 0 Å². The second-order valence-electron chi connectivity index (χ2n) is 3.75. The Morgan fingerprint density at radius 1 is 1.53 bits per heavy atom. The lowest BCUT2D eigenvalue weighted by Crippen LogP contribution is -2.15. The van der Waals surface area contributed by atoms with Gasteiger partial charge in [-0.05, 0) is 12.5 Å². The minimum Gasteiger partial charge on any atom is -0.299 e. The van der Waals surface area contributed by atoms with Crippen molar-refractivity contribution in [2.24, 2.45) is 13.0 Å². The van der Waals surface area contributed by atoms with Crippen molar-refractivity contribution >= 4 is 11.6 Å². The molecule has 4 nitrogen and oxygen atoms in total. The largest absolute Gasteiger partial charge is 0.299 e. The van der Waals surface area contributed by atoms with E-state index in [9.17, 15) is 9.59 Å². The Kier molecular flexibility index (Phi) is 3.77. The lowest BCUT2D eigenvalue weighted by molar-refractivity contribution is -0.121. The van der Waals surface area contributed by atoms with Crippen LogP contribution < -0.4 is 0 Å². The molecule has 0 aliphatic carbocycles. The first kappa shape index (κ1) is 11.6. The van der Waals surface area contributed by atoms with E-state index in [1.54, 1.807) is 24.0 Å². The van der Waals surface area contributed by atoms with Crippen molar-refractivity contribution in [2.75, 3.05) is 0 Å². The minimum atomic E-state index is -0.194. The summed E-state index contributed by atoms with van der Waals surface area (Å²) in [5.74, 6) is -0.244. The zero-order valence-corrected chi connectivity index (χ0v) is 9.36. The molecular weight excluding hydrogens is 192 g/mol. The van der Waals surface area contributed by atoms with Gasteiger partial charge in [0.2, 0.25) is 0 Å². The number of Topliss-reactive ketones (excluding diaryl/α,β-unsaturated/α-hetero) is 2. The molecule has 0 saturated heterocycles. The highest BCUT2D eigenvalue weighted by atomic mass is 16.1. The van der Waals surface area contributed by atoms with Crippen molar-refractivity contribution in [1.82, 2.24) is 9.78 Å². The van der Waals surface area contributed by atoms with Crippen LogP contribution in [-0.2, 0) is 11.8 Å². The Morgan fingerprint density at radius 2 is 2.20 bits per heavy atom. The van der Waals surface area contributed by atoms with E-state index < -0.39 is 0 Å². The zero-order chi connectivity index (χ0) is 11.4. The highest BCUT2D eigenvalue weighted by Crippen LogP contribution is 2.08. The molecule has 0 saturated carbocycles. The monoisotopic (exact) mass is 208 g/mol. The van der Waals surface area contributed by atoms with Gasteiger partial charge in [-0.25, -0.2) is 0 Å². The predicted molar refractivity (Wildman–Crippen MR) is 56.6 cm³/mol. The van der Waals surface area contributed by atoms with E-state index >= 15 is 0 Å². The molecule has 0 aliphatic rings. The first-order chi connectivity index (χ1) is 7.04. The van der Waals surface area contributed by atoms with Crippen LogP contribution in [-0.4, -0.2) is 21.3 Å². The van der Waals surface area contributed by atoms with E-state index in [1.807, 2.05) is 13.8 Å². The maximum Gasteiger partial charge on any atom is 0.190 e. The number of carbonyl (C=O) groups is 2. The van der Waals surface area contributed by atoms with Crippen molar-refractivity contribution in [2.45, 2.75) is 26.7 Å². The van der Waals surface area contributed by atoms with Gasteiger partial charge in [-0.15, -0.1) is 0 Å². The van der Waals surface area contributed by atoms with E-state index in [2.05, 4.69) is 5.10 Å². The SMILES string of the molecule is CCC(C)C(=O)CC(=O)c1ccn(C)n1. The molecule has 1 aromatic rings. The number of hydrogen-bond donors (Lipinski definition) is 0. The van der Waals surface area contributed by atoms with E-state index in [-0.39, 0.29) is 23.9 Å². The van der Waals surface area contributed by atoms with Gasteiger partial charge in [0.25, 0.3) is 0 Å². The fourth-order valence-corrected chi connectivity index (χ4v) is 1.21. The van der Waals surface area contributed by atoms with Gasteiger partial charge in [0.1, 0.15) is 11.5 Å². The molecular formula is C11H16N2O2. The van der Waals surface area contributed by atoms with Gasteiger partial charge in [-0.1, -0.05) is 13.8 Å². The minimum absolute atomic E-state index is 0.00634. The average Bonchev–Trinajstić information content (AvgIpc) is 2.63. The third-order valence-corrected chi connectivity index (χ3v) is 2.50. The molecule has 1 heterocycles. The molecule has 0 N–H and O–H groups in total. The van der Waals surface area contributed by atoms with Crippen LogP contribution in [0.3, 0.4) is 0 Å². The lowest BCUT2D eigenvalue weighted by Gasteiger charge is -2.04. The van der Waals surface area contributed by atoms with Crippen molar-refractivity contribution < 1.29 is 9.59 Å². The fourth-order valence-electron chi connectivity index (χ4n) is 1.21. The summed E-state index contributed by atoms with van der Waals surface area (Å²) in [6.45, 7) is 3.78. The molecule has 0 fully saturated rings. The Bertz CT molecular complexity index is 368. The summed E-state index contributed by atoms with van der Waals surface area (Å²) >= 11 is 0. The highest BCUT2D eigenvalue weighted by molar-refractivity contribution is 6.07. The van der Waals surface area contributed by atoms with Crippen LogP contribution in [0.4, 0.5) is 0 Å². The number of rotatable bonds is 5. The zero-order valence-electron chi connectivity index (χ0n) is 9.36. The Labute approximate surface area is 89.3 Å². The Hall–Kier alpha value is -1.45. The molecule has 1 rings (SSSR count). The van der Waals surface area contributed by atoms with Gasteiger partial charge in [-0.3, -0.25) is 14.3 Å². The predicted octanol–water partition coefficient (Wildman–Crippen LogP) is 1.61. The Morgan fingerprint density at radius 3 is 2.67 bits per heavy atom. The molecule has 15 heavy (non-hydrogen) atoms. The van der Waals surface area contributed by atoms with Crippen molar-refractivity contribution in [1.29, 1.82) is 0 Å². The molecule has 0 aliphatic heterocycles. The van der Waals surface area contributed by atoms with Crippen LogP contribution in [0.5, 0.6) is 0 Å². The molecule has 0 aromatic carbocycles. The van der Waals surface area contributed by atoms with Gasteiger partial charge >= 0.3 is 0 Å². The summed E-state index contributed by atoms with van der Waals surface area (Å²) in [4.78, 5) is 23.1. The maximum atomic E-state index is 11.6. The lowest BCUT2D eigenvalue weighted by atomic mass is 9.99. The van der Waals surface area contributed by atoms with Crippen LogP contribution in [0.15, 0.2) is 12.3 Å². The summed E-state index contributed by atoms with van der Waals surface area (Å²) < 4.78 is 1.56. The van der Waals surface area contributed by atoms with E-state index in [0.717, 1.165) is 6.42 Å². The molecule has 0 bridgehead atoms. The molecule has 0 radical (unpaired) electrons. The number of aromatic nitrogens is 2. The number of nitrogens with zero attached hydrogens (tertiary/aromatic N) is 2. The van der Waals surface area contributed by atoms with E-state index in [1.165, 1.54) is 0 Å². The molecule has 82 valence electrons. The molecule has 4 heteroatoms. The van der Waals surface area contributed by atoms with Crippen LogP contribution >= 0.6 is 0 Å². The second-order valence-corrected chi connectivity index (χ2v) is 3.75. The van der Waals surface area contributed by atoms with Crippen molar-refractivity contribution in [3.8, 4) is 0 Å². The van der Waals surface area contributed by atoms with Gasteiger partial charge in [-0.2, -0.15) is 5.10 Å². The van der Waals surface area contributed by atoms with Crippen LogP contribution in [0.2, 0.25) is 0 Å². The summed E-state index contributed by atoms with van der Waals surface area (Å²) in [5, 5.41) is 3.96. The summed E-state index contributed by atoms with van der Waals surface area (Å²) in [6.07, 6.45) is 2.43. The normalized spacial score (nSPS) is 12.5. The standard InChI is InChI=1S/C11H16N2O2/c1-4-8(2)10(14)7-11(15)9-5-6-13(3)12-9/h5-6,8H,4,7H2,1-3H3.